The van der Waals surface area contributed by atoms with Crippen LogP contribution in [0.4, 0.5) is 11.4 Å². The molecule has 7 nitrogen and oxygen atoms in total. The zero-order valence-corrected chi connectivity index (χ0v) is 21.4. The summed E-state index contributed by atoms with van der Waals surface area (Å²) in [6.45, 7) is 7.33. The zero-order valence-electron chi connectivity index (χ0n) is 20.6. The van der Waals surface area contributed by atoms with Crippen LogP contribution in [0.2, 0.25) is 0 Å². The second-order valence-electron chi connectivity index (χ2n) is 8.53. The predicted octanol–water partition coefficient (Wildman–Crippen LogP) is 5.90. The number of thioether (sulfide) groups is 1. The molecule has 0 aliphatic heterocycles. The summed E-state index contributed by atoms with van der Waals surface area (Å²) in [4.78, 5) is 28.8. The van der Waals surface area contributed by atoms with E-state index >= 15 is 0 Å². The van der Waals surface area contributed by atoms with Crippen molar-refractivity contribution in [2.24, 2.45) is 0 Å². The Bertz CT molecular complexity index is 1370. The van der Waals surface area contributed by atoms with Crippen molar-refractivity contribution in [3.8, 4) is 22.5 Å². The molecule has 0 aliphatic carbocycles. The topological polar surface area (TPSA) is 96.9 Å². The van der Waals surface area contributed by atoms with Gasteiger partial charge in [0.15, 0.2) is 0 Å². The van der Waals surface area contributed by atoms with Crippen LogP contribution >= 0.6 is 11.8 Å². The summed E-state index contributed by atoms with van der Waals surface area (Å²) in [6, 6.07) is 23.2. The molecule has 4 rings (SSSR count). The van der Waals surface area contributed by atoms with Gasteiger partial charge in [-0.3, -0.25) is 9.59 Å². The first kappa shape index (κ1) is 25.1. The third-order valence-electron chi connectivity index (χ3n) is 5.44. The molecule has 0 radical (unpaired) electrons. The van der Waals surface area contributed by atoms with Crippen LogP contribution in [0.3, 0.4) is 0 Å². The molecule has 0 spiro atoms. The predicted molar refractivity (Wildman–Crippen MR) is 145 cm³/mol. The van der Waals surface area contributed by atoms with E-state index in [1.165, 1.54) is 18.7 Å². The smallest absolute Gasteiger partial charge is 0.237 e. The summed E-state index contributed by atoms with van der Waals surface area (Å²) in [6.07, 6.45) is 0. The number of rotatable bonds is 7. The minimum Gasteiger partial charge on any atom is -0.326 e. The van der Waals surface area contributed by atoms with Crippen molar-refractivity contribution in [2.45, 2.75) is 38.1 Å². The maximum Gasteiger partial charge on any atom is 0.237 e. The molecule has 0 bridgehead atoms. The first-order valence-corrected chi connectivity index (χ1v) is 12.4. The van der Waals surface area contributed by atoms with Crippen molar-refractivity contribution in [1.82, 2.24) is 15.2 Å². The molecule has 4 aromatic rings. The lowest BCUT2D eigenvalue weighted by Crippen LogP contribution is -2.22. The Labute approximate surface area is 214 Å². The average Bonchev–Trinajstić information content (AvgIpc) is 2.86. The number of hydrogen-bond acceptors (Lipinski definition) is 6. The molecule has 1 aromatic heterocycles. The summed E-state index contributed by atoms with van der Waals surface area (Å²) < 4.78 is 0. The lowest BCUT2D eigenvalue weighted by molar-refractivity contribution is -0.115. The van der Waals surface area contributed by atoms with Gasteiger partial charge in [0.25, 0.3) is 0 Å². The molecular weight excluding hydrogens is 470 g/mol. The number of hydrogen-bond donors (Lipinski definition) is 2. The first-order valence-electron chi connectivity index (χ1n) is 11.5. The highest BCUT2D eigenvalue weighted by Gasteiger charge is 2.19. The molecule has 0 unspecified atom stereocenters. The number of nitrogens with one attached hydrogen (secondary N) is 2. The molecule has 8 heteroatoms. The van der Waals surface area contributed by atoms with Gasteiger partial charge in [0.1, 0.15) is 11.4 Å². The molecule has 0 aliphatic rings. The van der Waals surface area contributed by atoms with E-state index in [0.29, 0.717) is 22.2 Å². The van der Waals surface area contributed by atoms with Crippen molar-refractivity contribution in [2.75, 3.05) is 10.6 Å². The van der Waals surface area contributed by atoms with Crippen LogP contribution < -0.4 is 10.6 Å². The Morgan fingerprint density at radius 3 is 1.75 bits per heavy atom. The molecule has 0 fully saturated rings. The molecule has 0 saturated heterocycles. The molecule has 1 atom stereocenters. The number of benzene rings is 3. The third kappa shape index (κ3) is 6.34. The van der Waals surface area contributed by atoms with Crippen LogP contribution in [-0.2, 0) is 9.59 Å². The summed E-state index contributed by atoms with van der Waals surface area (Å²) in [5, 5.41) is 14.4. The lowest BCUT2D eigenvalue weighted by Gasteiger charge is -2.13. The maximum atomic E-state index is 12.8. The van der Waals surface area contributed by atoms with Gasteiger partial charge in [0.05, 0.1) is 5.25 Å². The molecule has 2 amide bonds. The van der Waals surface area contributed by atoms with Crippen molar-refractivity contribution in [3.05, 3.63) is 83.9 Å². The zero-order chi connectivity index (χ0) is 25.7. The molecule has 3 aromatic carbocycles. The van der Waals surface area contributed by atoms with Gasteiger partial charge in [-0.05, 0) is 45.0 Å². The van der Waals surface area contributed by atoms with E-state index in [1.807, 2.05) is 62.4 Å². The SMILES string of the molecule is CC(=O)Nc1ccc(NC(=O)[C@H](C)Sc2nnc(-c3ccc(C)cc3)c(-c3ccc(C)cc3)n2)cc1. The average molecular weight is 498 g/mol. The largest absolute Gasteiger partial charge is 0.326 e. The van der Waals surface area contributed by atoms with E-state index in [1.54, 1.807) is 31.2 Å². The highest BCUT2D eigenvalue weighted by Crippen LogP contribution is 2.31. The van der Waals surface area contributed by atoms with Gasteiger partial charge in [-0.1, -0.05) is 71.4 Å². The standard InChI is InChI=1S/C28H27N5O2S/c1-17-5-9-21(10-6-17)25-26(22-11-7-18(2)8-12-22)32-33-28(31-25)36-19(3)27(35)30-24-15-13-23(14-16-24)29-20(4)34/h5-16,19H,1-4H3,(H,29,34)(H,30,35)/t19-/m0/s1. The lowest BCUT2D eigenvalue weighted by atomic mass is 10.0. The first-order chi connectivity index (χ1) is 17.3. The Morgan fingerprint density at radius 2 is 1.22 bits per heavy atom. The number of carbonyl (C=O) groups excluding carboxylic acids is 2. The second-order valence-corrected chi connectivity index (χ2v) is 9.84. The summed E-state index contributed by atoms with van der Waals surface area (Å²) in [7, 11) is 0. The van der Waals surface area contributed by atoms with E-state index in [2.05, 4.69) is 20.8 Å². The Hall–Kier alpha value is -4.04. The highest BCUT2D eigenvalue weighted by atomic mass is 32.2. The number of amides is 2. The second kappa shape index (κ2) is 11.1. The molecule has 182 valence electrons. The van der Waals surface area contributed by atoms with E-state index in [-0.39, 0.29) is 11.8 Å². The minimum atomic E-state index is -0.460. The molecular formula is C28H27N5O2S. The summed E-state index contributed by atoms with van der Waals surface area (Å²) in [5.41, 5.74) is 6.90. The quantitative estimate of drug-likeness (QED) is 0.309. The van der Waals surface area contributed by atoms with Gasteiger partial charge < -0.3 is 10.6 Å². The van der Waals surface area contributed by atoms with Crippen LogP contribution in [0.5, 0.6) is 0 Å². The Kier molecular flexibility index (Phi) is 7.75. The van der Waals surface area contributed by atoms with E-state index in [9.17, 15) is 9.59 Å². The van der Waals surface area contributed by atoms with Crippen molar-refractivity contribution >= 4 is 35.0 Å². The van der Waals surface area contributed by atoms with Gasteiger partial charge >= 0.3 is 0 Å². The molecule has 0 saturated carbocycles. The fourth-order valence-electron chi connectivity index (χ4n) is 3.48. The Morgan fingerprint density at radius 1 is 0.722 bits per heavy atom. The fourth-order valence-corrected chi connectivity index (χ4v) is 4.19. The van der Waals surface area contributed by atoms with E-state index in [0.717, 1.165) is 27.9 Å². The molecule has 1 heterocycles. The number of anilines is 2. The monoisotopic (exact) mass is 497 g/mol. The minimum absolute atomic E-state index is 0.149. The van der Waals surface area contributed by atoms with Crippen LogP contribution in [0.15, 0.2) is 78.0 Å². The molecule has 36 heavy (non-hydrogen) atoms. The van der Waals surface area contributed by atoms with Crippen LogP contribution in [0, 0.1) is 13.8 Å². The number of aromatic nitrogens is 3. The van der Waals surface area contributed by atoms with E-state index in [4.69, 9.17) is 4.98 Å². The van der Waals surface area contributed by atoms with Crippen LogP contribution in [-0.4, -0.2) is 32.2 Å². The maximum absolute atomic E-state index is 12.8. The van der Waals surface area contributed by atoms with Gasteiger partial charge in [-0.25, -0.2) is 4.98 Å². The number of aryl methyl sites for hydroxylation is 2. The van der Waals surface area contributed by atoms with Crippen molar-refractivity contribution in [3.63, 3.8) is 0 Å². The highest BCUT2D eigenvalue weighted by molar-refractivity contribution is 8.00. The van der Waals surface area contributed by atoms with Crippen molar-refractivity contribution in [1.29, 1.82) is 0 Å². The number of carbonyl (C=O) groups is 2. The van der Waals surface area contributed by atoms with Crippen LogP contribution in [0.1, 0.15) is 25.0 Å². The Balaban J connectivity index is 1.54. The van der Waals surface area contributed by atoms with E-state index < -0.39 is 5.25 Å². The third-order valence-corrected chi connectivity index (χ3v) is 6.39. The van der Waals surface area contributed by atoms with Gasteiger partial charge in [0, 0.05) is 29.4 Å². The number of nitrogens with zero attached hydrogens (tertiary/aromatic N) is 3. The van der Waals surface area contributed by atoms with Crippen LogP contribution in [0.25, 0.3) is 22.5 Å². The van der Waals surface area contributed by atoms with Gasteiger partial charge in [-0.15, -0.1) is 10.2 Å². The summed E-state index contributed by atoms with van der Waals surface area (Å²) in [5.74, 6) is -0.334. The normalized spacial score (nSPS) is 11.6. The summed E-state index contributed by atoms with van der Waals surface area (Å²) >= 11 is 1.25. The van der Waals surface area contributed by atoms with Crippen molar-refractivity contribution < 1.29 is 9.59 Å². The molecule has 2 N–H and O–H groups in total. The fraction of sp³-hybridized carbons (Fsp3) is 0.179. The van der Waals surface area contributed by atoms with Gasteiger partial charge in [0.2, 0.25) is 17.0 Å². The van der Waals surface area contributed by atoms with Gasteiger partial charge in [-0.2, -0.15) is 0 Å².